The van der Waals surface area contributed by atoms with Gasteiger partial charge in [0.15, 0.2) is 11.6 Å². The minimum absolute atomic E-state index is 0.168. The first kappa shape index (κ1) is 12.3. The summed E-state index contributed by atoms with van der Waals surface area (Å²) in [6, 6.07) is 0. The highest BCUT2D eigenvalue weighted by Crippen LogP contribution is 2.66. The molecule has 0 atom stereocenters. The van der Waals surface area contributed by atoms with Crippen LogP contribution in [0.1, 0.15) is 39.0 Å². The molecule has 106 valence electrons. The van der Waals surface area contributed by atoms with Crippen LogP contribution in [0.25, 0.3) is 0 Å². The molecule has 4 rings (SSSR count). The molecule has 1 saturated carbocycles. The van der Waals surface area contributed by atoms with Crippen LogP contribution in [-0.2, 0) is 18.9 Å². The summed E-state index contributed by atoms with van der Waals surface area (Å²) in [6.45, 7) is 4.99. The van der Waals surface area contributed by atoms with Crippen LogP contribution in [0.4, 0.5) is 0 Å². The van der Waals surface area contributed by atoms with Crippen molar-refractivity contribution in [3.63, 3.8) is 0 Å². The highest BCUT2D eigenvalue weighted by Gasteiger charge is 2.74. The van der Waals surface area contributed by atoms with Gasteiger partial charge in [0.05, 0.1) is 31.8 Å². The third-order valence-electron chi connectivity index (χ3n) is 5.47. The lowest BCUT2D eigenvalue weighted by Crippen LogP contribution is -2.55. The molecule has 4 aliphatic rings. The van der Waals surface area contributed by atoms with Crippen LogP contribution >= 0.6 is 0 Å². The van der Waals surface area contributed by atoms with Crippen molar-refractivity contribution in [2.24, 2.45) is 5.41 Å². The maximum atomic E-state index is 6.10. The summed E-state index contributed by atoms with van der Waals surface area (Å²) >= 11 is 0. The van der Waals surface area contributed by atoms with Crippen molar-refractivity contribution in [1.82, 2.24) is 0 Å². The van der Waals surface area contributed by atoms with E-state index in [1.54, 1.807) is 0 Å². The van der Waals surface area contributed by atoms with E-state index in [1.807, 2.05) is 0 Å². The molecule has 0 bridgehead atoms. The normalized spacial score (nSPS) is 33.8. The van der Waals surface area contributed by atoms with Crippen molar-refractivity contribution < 1.29 is 18.9 Å². The summed E-state index contributed by atoms with van der Waals surface area (Å²) in [5.41, 5.74) is 1.32. The van der Waals surface area contributed by atoms with E-state index in [1.165, 1.54) is 5.57 Å². The second-order valence-electron chi connectivity index (χ2n) is 6.08. The van der Waals surface area contributed by atoms with Gasteiger partial charge in [-0.1, -0.05) is 18.6 Å². The predicted octanol–water partition coefficient (Wildman–Crippen LogP) is 2.38. The summed E-state index contributed by atoms with van der Waals surface area (Å²) in [5, 5.41) is 0. The summed E-state index contributed by atoms with van der Waals surface area (Å²) in [4.78, 5) is 0. The molecule has 2 saturated heterocycles. The first-order valence-electron chi connectivity index (χ1n) is 7.50. The smallest absolute Gasteiger partial charge is 0.180 e. The quantitative estimate of drug-likeness (QED) is 0.683. The Hall–Kier alpha value is -0.420. The number of fused-ring (bicyclic) bond motifs is 2. The lowest BCUT2D eigenvalue weighted by Gasteiger charge is -2.46. The summed E-state index contributed by atoms with van der Waals surface area (Å²) in [7, 11) is 0. The van der Waals surface area contributed by atoms with E-state index in [9.17, 15) is 0 Å². The predicted molar refractivity (Wildman–Crippen MR) is 68.5 cm³/mol. The zero-order valence-corrected chi connectivity index (χ0v) is 11.6. The van der Waals surface area contributed by atoms with Gasteiger partial charge >= 0.3 is 0 Å². The van der Waals surface area contributed by atoms with Gasteiger partial charge in [-0.3, -0.25) is 0 Å². The number of rotatable bonds is 1. The number of hydrogen-bond acceptors (Lipinski definition) is 4. The molecule has 2 aliphatic heterocycles. The number of hydrogen-bond donors (Lipinski definition) is 0. The van der Waals surface area contributed by atoms with E-state index < -0.39 is 11.6 Å². The zero-order valence-electron chi connectivity index (χ0n) is 11.6. The average Bonchev–Trinajstić information content (AvgIpc) is 3.18. The van der Waals surface area contributed by atoms with Crippen molar-refractivity contribution >= 4 is 0 Å². The molecular formula is C15H22O4. The standard InChI is InChI=1S/C15H22O4/c1-2-12-3-4-13(11-12)14(16-7-8-17-14)5-6-15(13)18-9-10-19-15/h3H,2,4-11H2,1H3. The lowest BCUT2D eigenvalue weighted by molar-refractivity contribution is -0.302. The van der Waals surface area contributed by atoms with Crippen LogP contribution < -0.4 is 0 Å². The van der Waals surface area contributed by atoms with Gasteiger partial charge in [0.25, 0.3) is 0 Å². The van der Waals surface area contributed by atoms with Crippen molar-refractivity contribution in [3.8, 4) is 0 Å². The Morgan fingerprint density at radius 3 is 1.89 bits per heavy atom. The Bertz CT molecular complexity index is 378. The molecule has 0 aromatic heterocycles. The molecule has 3 fully saturated rings. The van der Waals surface area contributed by atoms with Crippen LogP contribution in [0.2, 0.25) is 0 Å². The van der Waals surface area contributed by atoms with Gasteiger partial charge in [0.1, 0.15) is 0 Å². The van der Waals surface area contributed by atoms with Gasteiger partial charge < -0.3 is 18.9 Å². The lowest BCUT2D eigenvalue weighted by atomic mass is 9.74. The molecule has 4 nitrogen and oxygen atoms in total. The van der Waals surface area contributed by atoms with Crippen LogP contribution in [0, 0.1) is 5.41 Å². The molecule has 4 heteroatoms. The third kappa shape index (κ3) is 1.38. The fraction of sp³-hybridized carbons (Fsp3) is 0.867. The summed E-state index contributed by atoms with van der Waals surface area (Å²) < 4.78 is 24.4. The largest absolute Gasteiger partial charge is 0.347 e. The maximum Gasteiger partial charge on any atom is 0.180 e. The molecule has 2 heterocycles. The van der Waals surface area contributed by atoms with Gasteiger partial charge in [0, 0.05) is 12.8 Å². The van der Waals surface area contributed by atoms with Crippen molar-refractivity contribution in [2.45, 2.75) is 50.6 Å². The molecule has 19 heavy (non-hydrogen) atoms. The van der Waals surface area contributed by atoms with Crippen LogP contribution in [0.3, 0.4) is 0 Å². The van der Waals surface area contributed by atoms with E-state index in [0.29, 0.717) is 26.4 Å². The SMILES string of the molecule is CCC1=CCC2(C1)C1(CCC23OCCO3)OCCO1. The molecule has 0 N–H and O–H groups in total. The summed E-state index contributed by atoms with van der Waals surface area (Å²) in [6.07, 6.45) is 7.16. The van der Waals surface area contributed by atoms with Crippen LogP contribution in [-0.4, -0.2) is 38.0 Å². The minimum Gasteiger partial charge on any atom is -0.347 e. The van der Waals surface area contributed by atoms with E-state index >= 15 is 0 Å². The van der Waals surface area contributed by atoms with Crippen LogP contribution in [0.15, 0.2) is 11.6 Å². The molecule has 3 spiro atoms. The molecular weight excluding hydrogens is 244 g/mol. The van der Waals surface area contributed by atoms with E-state index in [2.05, 4.69) is 13.0 Å². The Balaban J connectivity index is 1.76. The summed E-state index contributed by atoms with van der Waals surface area (Å²) in [5.74, 6) is -0.963. The molecule has 0 amide bonds. The van der Waals surface area contributed by atoms with E-state index in [4.69, 9.17) is 18.9 Å². The maximum absolute atomic E-state index is 6.10. The molecule has 0 aromatic carbocycles. The highest BCUT2D eigenvalue weighted by atomic mass is 16.8. The minimum atomic E-state index is -0.481. The topological polar surface area (TPSA) is 36.9 Å². The molecule has 2 aliphatic carbocycles. The Labute approximate surface area is 114 Å². The molecule has 0 unspecified atom stereocenters. The Morgan fingerprint density at radius 1 is 0.947 bits per heavy atom. The highest BCUT2D eigenvalue weighted by molar-refractivity contribution is 5.26. The number of ether oxygens (including phenoxy) is 4. The molecule has 0 aromatic rings. The second kappa shape index (κ2) is 4.04. The van der Waals surface area contributed by atoms with E-state index in [-0.39, 0.29) is 5.41 Å². The van der Waals surface area contributed by atoms with Crippen LogP contribution in [0.5, 0.6) is 0 Å². The van der Waals surface area contributed by atoms with Crippen molar-refractivity contribution in [3.05, 3.63) is 11.6 Å². The third-order valence-corrected chi connectivity index (χ3v) is 5.47. The van der Waals surface area contributed by atoms with Crippen molar-refractivity contribution in [2.75, 3.05) is 26.4 Å². The van der Waals surface area contributed by atoms with Gasteiger partial charge in [-0.2, -0.15) is 0 Å². The monoisotopic (exact) mass is 266 g/mol. The zero-order chi connectivity index (χ0) is 13.0. The first-order valence-corrected chi connectivity index (χ1v) is 7.50. The Kier molecular flexibility index (Phi) is 2.62. The van der Waals surface area contributed by atoms with Gasteiger partial charge in [-0.05, 0) is 19.3 Å². The Morgan fingerprint density at radius 2 is 1.47 bits per heavy atom. The fourth-order valence-corrected chi connectivity index (χ4v) is 4.55. The van der Waals surface area contributed by atoms with Gasteiger partial charge in [-0.15, -0.1) is 0 Å². The van der Waals surface area contributed by atoms with Crippen molar-refractivity contribution in [1.29, 1.82) is 0 Å². The van der Waals surface area contributed by atoms with Gasteiger partial charge in [-0.25, -0.2) is 0 Å². The average molecular weight is 266 g/mol. The fourth-order valence-electron chi connectivity index (χ4n) is 4.55. The van der Waals surface area contributed by atoms with Gasteiger partial charge in [0.2, 0.25) is 0 Å². The number of allylic oxidation sites excluding steroid dienone is 2. The van der Waals surface area contributed by atoms with E-state index in [0.717, 1.165) is 32.1 Å². The second-order valence-corrected chi connectivity index (χ2v) is 6.08. The molecule has 0 radical (unpaired) electrons. The first-order chi connectivity index (χ1) is 9.26.